The molecule has 1 atom stereocenters. The van der Waals surface area contributed by atoms with Crippen LogP contribution in [0.2, 0.25) is 0 Å². The number of hydrogen-bond acceptors (Lipinski definition) is 2. The first-order valence-electron chi connectivity index (χ1n) is 4.33. The van der Waals surface area contributed by atoms with Gasteiger partial charge < -0.3 is 11.1 Å². The number of nitrogens with one attached hydrogen (secondary N) is 1. The van der Waals surface area contributed by atoms with Crippen molar-refractivity contribution in [2.24, 2.45) is 5.73 Å². The zero-order chi connectivity index (χ0) is 8.69. The van der Waals surface area contributed by atoms with Crippen LogP contribution in [0.3, 0.4) is 0 Å². The van der Waals surface area contributed by atoms with Crippen LogP contribution in [0.5, 0.6) is 0 Å². The summed E-state index contributed by atoms with van der Waals surface area (Å²) in [5.41, 5.74) is 6.13. The molecule has 0 aromatic carbocycles. The zero-order valence-corrected chi connectivity index (χ0v) is 7.69. The van der Waals surface area contributed by atoms with Crippen LogP contribution in [-0.2, 0) is 0 Å². The van der Waals surface area contributed by atoms with E-state index in [-0.39, 0.29) is 0 Å². The molecule has 0 saturated heterocycles. The normalized spacial score (nSPS) is 12.9. The van der Waals surface area contributed by atoms with Gasteiger partial charge in [-0.25, -0.2) is 0 Å². The molecule has 2 heteroatoms. The van der Waals surface area contributed by atoms with Gasteiger partial charge in [-0.05, 0) is 13.3 Å². The molecule has 11 heavy (non-hydrogen) atoms. The molecule has 0 aliphatic carbocycles. The molecule has 0 rings (SSSR count). The molecule has 0 fully saturated rings. The average Bonchev–Trinajstić information content (AvgIpc) is 1.97. The molecule has 0 bridgehead atoms. The molecule has 0 heterocycles. The van der Waals surface area contributed by atoms with Crippen molar-refractivity contribution in [1.29, 1.82) is 0 Å². The maximum Gasteiger partial charge on any atom is 0.0348 e. The van der Waals surface area contributed by atoms with Crippen LogP contribution in [0.15, 0.2) is 12.3 Å². The summed E-state index contributed by atoms with van der Waals surface area (Å²) in [5, 5.41) is 3.29. The second-order valence-electron chi connectivity index (χ2n) is 3.08. The maximum atomic E-state index is 5.41. The minimum absolute atomic E-state index is 0.565. The van der Waals surface area contributed by atoms with Crippen molar-refractivity contribution >= 4 is 0 Å². The summed E-state index contributed by atoms with van der Waals surface area (Å²) in [6.07, 6.45) is 3.77. The number of rotatable bonds is 6. The number of hydrogen-bond donors (Lipinski definition) is 2. The summed E-state index contributed by atoms with van der Waals surface area (Å²) in [4.78, 5) is 0. The van der Waals surface area contributed by atoms with Gasteiger partial charge in [-0.3, -0.25) is 0 Å². The van der Waals surface area contributed by atoms with Gasteiger partial charge in [0.25, 0.3) is 0 Å². The van der Waals surface area contributed by atoms with Crippen LogP contribution >= 0.6 is 0 Å². The number of nitrogens with two attached hydrogens (primary N) is 1. The zero-order valence-electron chi connectivity index (χ0n) is 7.69. The Morgan fingerprint density at radius 1 is 1.64 bits per heavy atom. The molecule has 0 radical (unpaired) electrons. The van der Waals surface area contributed by atoms with Gasteiger partial charge in [0, 0.05) is 18.3 Å². The van der Waals surface area contributed by atoms with E-state index in [1.54, 1.807) is 0 Å². The standard InChI is InChI=1S/C9H20N2/c1-4-5-6-9(3)11-7-8(2)10/h9,11H,2,4-7,10H2,1,3H3. The minimum Gasteiger partial charge on any atom is -0.401 e. The summed E-state index contributed by atoms with van der Waals surface area (Å²) in [6, 6.07) is 0.565. The first-order valence-corrected chi connectivity index (χ1v) is 4.33. The molecule has 0 aromatic rings. The highest BCUT2D eigenvalue weighted by molar-refractivity contribution is 4.89. The molecule has 0 amide bonds. The van der Waals surface area contributed by atoms with Gasteiger partial charge in [0.2, 0.25) is 0 Å². The third-order valence-corrected chi connectivity index (χ3v) is 1.67. The van der Waals surface area contributed by atoms with Crippen LogP contribution in [0.25, 0.3) is 0 Å². The summed E-state index contributed by atoms with van der Waals surface area (Å²) < 4.78 is 0. The first kappa shape index (κ1) is 10.5. The molecule has 0 aromatic heterocycles. The van der Waals surface area contributed by atoms with Gasteiger partial charge in [0.05, 0.1) is 0 Å². The second-order valence-corrected chi connectivity index (χ2v) is 3.08. The van der Waals surface area contributed by atoms with Gasteiger partial charge in [0.1, 0.15) is 0 Å². The molecular formula is C9H20N2. The largest absolute Gasteiger partial charge is 0.401 e. The Kier molecular flexibility index (Phi) is 5.94. The van der Waals surface area contributed by atoms with Crippen molar-refractivity contribution in [2.45, 2.75) is 39.2 Å². The van der Waals surface area contributed by atoms with Gasteiger partial charge in [0.15, 0.2) is 0 Å². The Bertz CT molecular complexity index is 110. The molecule has 3 N–H and O–H groups in total. The minimum atomic E-state index is 0.565. The summed E-state index contributed by atoms with van der Waals surface area (Å²) in [5.74, 6) is 0. The molecule has 0 aliphatic heterocycles. The fraction of sp³-hybridized carbons (Fsp3) is 0.778. The van der Waals surface area contributed by atoms with Crippen molar-refractivity contribution in [3.63, 3.8) is 0 Å². The fourth-order valence-electron chi connectivity index (χ4n) is 0.918. The molecular weight excluding hydrogens is 136 g/mol. The van der Waals surface area contributed by atoms with Crippen molar-refractivity contribution < 1.29 is 0 Å². The quantitative estimate of drug-likeness (QED) is 0.613. The van der Waals surface area contributed by atoms with Crippen LogP contribution in [-0.4, -0.2) is 12.6 Å². The lowest BCUT2D eigenvalue weighted by Gasteiger charge is -2.12. The van der Waals surface area contributed by atoms with Crippen molar-refractivity contribution in [1.82, 2.24) is 5.32 Å². The smallest absolute Gasteiger partial charge is 0.0348 e. The van der Waals surface area contributed by atoms with E-state index in [1.807, 2.05) is 0 Å². The molecule has 0 spiro atoms. The molecule has 66 valence electrons. The highest BCUT2D eigenvalue weighted by Crippen LogP contribution is 1.98. The molecule has 2 nitrogen and oxygen atoms in total. The lowest BCUT2D eigenvalue weighted by atomic mass is 10.1. The highest BCUT2D eigenvalue weighted by Gasteiger charge is 1.98. The number of unbranched alkanes of at least 4 members (excludes halogenated alkanes) is 1. The van der Waals surface area contributed by atoms with E-state index in [0.29, 0.717) is 11.7 Å². The highest BCUT2D eigenvalue weighted by atomic mass is 14.9. The monoisotopic (exact) mass is 156 g/mol. The second kappa shape index (κ2) is 6.23. The Morgan fingerprint density at radius 3 is 2.73 bits per heavy atom. The third-order valence-electron chi connectivity index (χ3n) is 1.67. The van der Waals surface area contributed by atoms with Gasteiger partial charge in [-0.2, -0.15) is 0 Å². The van der Waals surface area contributed by atoms with E-state index in [1.165, 1.54) is 19.3 Å². The van der Waals surface area contributed by atoms with E-state index in [0.717, 1.165) is 6.54 Å². The van der Waals surface area contributed by atoms with Gasteiger partial charge in [-0.15, -0.1) is 0 Å². The lowest BCUT2D eigenvalue weighted by Crippen LogP contribution is -2.29. The molecule has 0 aliphatic rings. The van der Waals surface area contributed by atoms with Gasteiger partial charge >= 0.3 is 0 Å². The summed E-state index contributed by atoms with van der Waals surface area (Å²) in [7, 11) is 0. The Morgan fingerprint density at radius 2 is 2.27 bits per heavy atom. The van der Waals surface area contributed by atoms with E-state index >= 15 is 0 Å². The van der Waals surface area contributed by atoms with Crippen molar-refractivity contribution in [3.8, 4) is 0 Å². The summed E-state index contributed by atoms with van der Waals surface area (Å²) in [6.45, 7) is 8.75. The predicted molar refractivity (Wildman–Crippen MR) is 50.3 cm³/mol. The average molecular weight is 156 g/mol. The fourth-order valence-corrected chi connectivity index (χ4v) is 0.918. The Hall–Kier alpha value is -0.500. The Balaban J connectivity index is 3.22. The first-order chi connectivity index (χ1) is 5.16. The molecule has 1 unspecified atom stereocenters. The van der Waals surface area contributed by atoms with Gasteiger partial charge in [-0.1, -0.05) is 26.3 Å². The van der Waals surface area contributed by atoms with E-state index in [9.17, 15) is 0 Å². The van der Waals surface area contributed by atoms with E-state index in [2.05, 4.69) is 25.7 Å². The van der Waals surface area contributed by atoms with Crippen LogP contribution in [0.1, 0.15) is 33.1 Å². The van der Waals surface area contributed by atoms with E-state index in [4.69, 9.17) is 5.73 Å². The van der Waals surface area contributed by atoms with Crippen molar-refractivity contribution in [3.05, 3.63) is 12.3 Å². The predicted octanol–water partition coefficient (Wildman–Crippen LogP) is 1.63. The lowest BCUT2D eigenvalue weighted by molar-refractivity contribution is 0.513. The topological polar surface area (TPSA) is 38.0 Å². The summed E-state index contributed by atoms with van der Waals surface area (Å²) >= 11 is 0. The van der Waals surface area contributed by atoms with Crippen LogP contribution in [0, 0.1) is 0 Å². The van der Waals surface area contributed by atoms with Crippen LogP contribution in [0.4, 0.5) is 0 Å². The SMILES string of the molecule is C=C(N)CNC(C)CCCC. The third kappa shape index (κ3) is 7.40. The Labute approximate surface area is 69.9 Å². The van der Waals surface area contributed by atoms with E-state index < -0.39 is 0 Å². The molecule has 0 saturated carbocycles. The van der Waals surface area contributed by atoms with Crippen molar-refractivity contribution in [2.75, 3.05) is 6.54 Å². The van der Waals surface area contributed by atoms with Crippen LogP contribution < -0.4 is 11.1 Å². The maximum absolute atomic E-state index is 5.41.